The molecule has 0 amide bonds. The van der Waals surface area contributed by atoms with E-state index in [1.165, 1.54) is 17.1 Å². The zero-order valence-electron chi connectivity index (χ0n) is 7.80. The standard InChI is InChI=1S/C5H8O.C5H8S/c2*1-5-3-2-4-6-5/h2*3H,2,4H2,1H3. The quantitative estimate of drug-likeness (QED) is 0.571. The molecule has 0 saturated heterocycles. The van der Waals surface area contributed by atoms with Gasteiger partial charge in [-0.15, -0.1) is 11.8 Å². The Kier molecular flexibility index (Phi) is 4.30. The molecule has 0 aliphatic carbocycles. The predicted octanol–water partition coefficient (Wildman–Crippen LogP) is 3.34. The van der Waals surface area contributed by atoms with Crippen LogP contribution in [0.3, 0.4) is 0 Å². The minimum atomic E-state index is 0.895. The molecule has 0 saturated carbocycles. The molecule has 2 heteroatoms. The van der Waals surface area contributed by atoms with E-state index in [1.807, 2.05) is 18.7 Å². The van der Waals surface area contributed by atoms with E-state index < -0.39 is 0 Å². The molecule has 12 heavy (non-hydrogen) atoms. The van der Waals surface area contributed by atoms with Gasteiger partial charge in [-0.1, -0.05) is 6.08 Å². The molecule has 0 atom stereocenters. The Morgan fingerprint density at radius 3 is 2.25 bits per heavy atom. The second kappa shape index (κ2) is 5.31. The van der Waals surface area contributed by atoms with Crippen LogP contribution in [0.5, 0.6) is 0 Å². The van der Waals surface area contributed by atoms with Gasteiger partial charge in [0.25, 0.3) is 0 Å². The van der Waals surface area contributed by atoms with Crippen molar-refractivity contribution in [2.24, 2.45) is 0 Å². The van der Waals surface area contributed by atoms with Crippen LogP contribution in [0.2, 0.25) is 0 Å². The largest absolute Gasteiger partial charge is 0.498 e. The Morgan fingerprint density at radius 1 is 1.25 bits per heavy atom. The maximum Gasteiger partial charge on any atom is 0.0912 e. The average Bonchev–Trinajstić information content (AvgIpc) is 2.63. The Morgan fingerprint density at radius 2 is 2.08 bits per heavy atom. The summed E-state index contributed by atoms with van der Waals surface area (Å²) in [5, 5.41) is 0. The molecule has 0 N–H and O–H groups in total. The van der Waals surface area contributed by atoms with E-state index in [0.29, 0.717) is 0 Å². The van der Waals surface area contributed by atoms with Crippen molar-refractivity contribution in [2.45, 2.75) is 26.7 Å². The van der Waals surface area contributed by atoms with Crippen molar-refractivity contribution >= 4 is 11.8 Å². The van der Waals surface area contributed by atoms with Crippen LogP contribution in [0.25, 0.3) is 0 Å². The Labute approximate surface area is 78.9 Å². The molecule has 0 aromatic rings. The van der Waals surface area contributed by atoms with Crippen molar-refractivity contribution < 1.29 is 4.74 Å². The van der Waals surface area contributed by atoms with Gasteiger partial charge in [0.2, 0.25) is 0 Å². The van der Waals surface area contributed by atoms with Gasteiger partial charge in [-0.05, 0) is 31.2 Å². The van der Waals surface area contributed by atoms with E-state index in [9.17, 15) is 0 Å². The number of allylic oxidation sites excluding steroid dienone is 3. The lowest BCUT2D eigenvalue weighted by atomic mass is 10.4. The van der Waals surface area contributed by atoms with Crippen LogP contribution in [-0.2, 0) is 4.74 Å². The summed E-state index contributed by atoms with van der Waals surface area (Å²) in [6.07, 6.45) is 6.77. The first kappa shape index (κ1) is 9.72. The van der Waals surface area contributed by atoms with Gasteiger partial charge in [-0.2, -0.15) is 0 Å². The lowest BCUT2D eigenvalue weighted by molar-refractivity contribution is 0.247. The van der Waals surface area contributed by atoms with Gasteiger partial charge < -0.3 is 4.74 Å². The number of rotatable bonds is 0. The predicted molar refractivity (Wildman–Crippen MR) is 55.2 cm³/mol. The van der Waals surface area contributed by atoms with Gasteiger partial charge in [0.1, 0.15) is 0 Å². The molecule has 1 nitrogen and oxygen atoms in total. The zero-order chi connectivity index (χ0) is 8.81. The van der Waals surface area contributed by atoms with E-state index >= 15 is 0 Å². The highest BCUT2D eigenvalue weighted by Crippen LogP contribution is 2.22. The summed E-state index contributed by atoms with van der Waals surface area (Å²) < 4.78 is 5.01. The van der Waals surface area contributed by atoms with Gasteiger partial charge >= 0.3 is 0 Å². The zero-order valence-corrected chi connectivity index (χ0v) is 8.62. The lowest BCUT2D eigenvalue weighted by Gasteiger charge is -1.89. The second-order valence-electron chi connectivity index (χ2n) is 2.90. The monoisotopic (exact) mass is 184 g/mol. The van der Waals surface area contributed by atoms with E-state index in [-0.39, 0.29) is 0 Å². The van der Waals surface area contributed by atoms with E-state index in [2.05, 4.69) is 19.1 Å². The minimum Gasteiger partial charge on any atom is -0.498 e. The number of hydrogen-bond donors (Lipinski definition) is 0. The molecule has 2 aliphatic heterocycles. The van der Waals surface area contributed by atoms with Crippen molar-refractivity contribution in [3.8, 4) is 0 Å². The highest BCUT2D eigenvalue weighted by molar-refractivity contribution is 8.03. The van der Waals surface area contributed by atoms with Crippen LogP contribution < -0.4 is 0 Å². The summed E-state index contributed by atoms with van der Waals surface area (Å²) >= 11 is 1.96. The molecule has 0 aromatic carbocycles. The van der Waals surface area contributed by atoms with Crippen LogP contribution in [0, 0.1) is 0 Å². The van der Waals surface area contributed by atoms with Crippen molar-refractivity contribution in [3.05, 3.63) is 22.8 Å². The normalized spacial score (nSPS) is 20.5. The highest BCUT2D eigenvalue weighted by Gasteiger charge is 1.95. The second-order valence-corrected chi connectivity index (χ2v) is 4.24. The molecular weight excluding hydrogens is 168 g/mol. The van der Waals surface area contributed by atoms with Crippen LogP contribution in [-0.4, -0.2) is 12.4 Å². The summed E-state index contributed by atoms with van der Waals surface area (Å²) in [7, 11) is 0. The third-order valence-corrected chi connectivity index (χ3v) is 2.82. The Bertz CT molecular complexity index is 172. The smallest absolute Gasteiger partial charge is 0.0912 e. The minimum absolute atomic E-state index is 0.895. The van der Waals surface area contributed by atoms with Gasteiger partial charge in [0.15, 0.2) is 0 Å². The Hall–Kier alpha value is -0.370. The lowest BCUT2D eigenvalue weighted by Crippen LogP contribution is -1.76. The molecule has 2 heterocycles. The third-order valence-electron chi connectivity index (χ3n) is 1.76. The van der Waals surface area contributed by atoms with Gasteiger partial charge in [-0.3, -0.25) is 0 Å². The molecule has 68 valence electrons. The van der Waals surface area contributed by atoms with E-state index in [1.54, 1.807) is 0 Å². The molecule has 0 unspecified atom stereocenters. The number of thioether (sulfide) groups is 1. The van der Waals surface area contributed by atoms with Crippen molar-refractivity contribution in [2.75, 3.05) is 12.4 Å². The summed E-state index contributed by atoms with van der Waals surface area (Å²) in [6.45, 7) is 5.04. The van der Waals surface area contributed by atoms with Crippen molar-refractivity contribution in [3.63, 3.8) is 0 Å². The summed E-state index contributed by atoms with van der Waals surface area (Å²) in [4.78, 5) is 1.50. The van der Waals surface area contributed by atoms with Gasteiger partial charge in [0, 0.05) is 12.2 Å². The van der Waals surface area contributed by atoms with Gasteiger partial charge in [0.05, 0.1) is 12.4 Å². The van der Waals surface area contributed by atoms with Crippen LogP contribution in [0.15, 0.2) is 22.8 Å². The van der Waals surface area contributed by atoms with E-state index in [0.717, 1.165) is 18.8 Å². The highest BCUT2D eigenvalue weighted by atomic mass is 32.2. The topological polar surface area (TPSA) is 9.23 Å². The van der Waals surface area contributed by atoms with Crippen LogP contribution in [0.4, 0.5) is 0 Å². The third kappa shape index (κ3) is 3.86. The Balaban J connectivity index is 0.000000120. The molecule has 0 aromatic heterocycles. The van der Waals surface area contributed by atoms with Crippen molar-refractivity contribution in [1.29, 1.82) is 0 Å². The van der Waals surface area contributed by atoms with Crippen molar-refractivity contribution in [1.82, 2.24) is 0 Å². The molecule has 0 bridgehead atoms. The fourth-order valence-electron chi connectivity index (χ4n) is 1.08. The molecule has 2 rings (SSSR count). The molecule has 0 spiro atoms. The SMILES string of the molecule is CC1=CCCO1.CC1=CCCS1. The van der Waals surface area contributed by atoms with E-state index in [4.69, 9.17) is 4.74 Å². The molecular formula is C10H16OS. The first-order chi connectivity index (χ1) is 5.79. The fraction of sp³-hybridized carbons (Fsp3) is 0.600. The summed E-state index contributed by atoms with van der Waals surface area (Å²) in [5.41, 5.74) is 0. The fourth-order valence-corrected chi connectivity index (χ4v) is 1.88. The number of hydrogen-bond acceptors (Lipinski definition) is 2. The molecule has 0 radical (unpaired) electrons. The summed E-state index contributed by atoms with van der Waals surface area (Å²) in [5.74, 6) is 2.39. The first-order valence-electron chi connectivity index (χ1n) is 4.38. The van der Waals surface area contributed by atoms with Crippen LogP contribution in [0.1, 0.15) is 26.7 Å². The summed E-state index contributed by atoms with van der Waals surface area (Å²) in [6, 6.07) is 0. The van der Waals surface area contributed by atoms with Gasteiger partial charge in [-0.25, -0.2) is 0 Å². The number of ether oxygens (including phenoxy) is 1. The molecule has 2 aliphatic rings. The van der Waals surface area contributed by atoms with Crippen LogP contribution >= 0.6 is 11.8 Å². The average molecular weight is 184 g/mol. The first-order valence-corrected chi connectivity index (χ1v) is 5.37. The maximum absolute atomic E-state index is 5.01. The molecule has 0 fully saturated rings. The maximum atomic E-state index is 5.01.